The Morgan fingerprint density at radius 2 is 2.18 bits per heavy atom. The molecule has 0 radical (unpaired) electrons. The van der Waals surface area contributed by atoms with Crippen LogP contribution in [-0.2, 0) is 0 Å². The number of aromatic nitrogens is 4. The number of hydrogen-bond donors (Lipinski definition) is 1. The molecule has 0 atom stereocenters. The average Bonchev–Trinajstić information content (AvgIpc) is 2.55. The standard InChI is InChI=1S/C7H5ClF3N5O/c8-4-3(17-1-7(9,10)11)5-14-6(12)15-16(5)2-13-4/h2H,1H2,(H2,12,15). The van der Waals surface area contributed by atoms with E-state index in [-0.39, 0.29) is 22.5 Å². The van der Waals surface area contributed by atoms with Gasteiger partial charge in [0.2, 0.25) is 17.3 Å². The summed E-state index contributed by atoms with van der Waals surface area (Å²) in [5.41, 5.74) is 5.28. The summed E-state index contributed by atoms with van der Waals surface area (Å²) in [7, 11) is 0. The summed E-state index contributed by atoms with van der Waals surface area (Å²) in [6.07, 6.45) is -3.32. The Bertz CT molecular complexity index is 554. The van der Waals surface area contributed by atoms with Crippen LogP contribution in [0.1, 0.15) is 0 Å². The molecular weight excluding hydrogens is 263 g/mol. The fourth-order valence-electron chi connectivity index (χ4n) is 1.11. The average molecular weight is 268 g/mol. The number of fused-ring (bicyclic) bond motifs is 1. The van der Waals surface area contributed by atoms with Crippen molar-refractivity contribution in [1.82, 2.24) is 19.6 Å². The Morgan fingerprint density at radius 1 is 1.47 bits per heavy atom. The zero-order valence-corrected chi connectivity index (χ0v) is 8.83. The summed E-state index contributed by atoms with van der Waals surface area (Å²) in [6.45, 7) is -1.50. The SMILES string of the molecule is Nc1nc2c(OCC(F)(F)F)c(Cl)ncn2n1. The van der Waals surface area contributed by atoms with Gasteiger partial charge in [-0.05, 0) is 0 Å². The highest BCUT2D eigenvalue weighted by Gasteiger charge is 2.29. The van der Waals surface area contributed by atoms with Crippen molar-refractivity contribution in [3.8, 4) is 5.75 Å². The van der Waals surface area contributed by atoms with E-state index in [1.165, 1.54) is 6.33 Å². The fourth-order valence-corrected chi connectivity index (χ4v) is 1.29. The third kappa shape index (κ3) is 2.49. The maximum Gasteiger partial charge on any atom is 0.422 e. The lowest BCUT2D eigenvalue weighted by Gasteiger charge is -2.09. The summed E-state index contributed by atoms with van der Waals surface area (Å²) in [5.74, 6) is -0.429. The van der Waals surface area contributed by atoms with E-state index in [4.69, 9.17) is 17.3 Å². The molecule has 6 nitrogen and oxygen atoms in total. The van der Waals surface area contributed by atoms with Crippen LogP contribution in [0.2, 0.25) is 5.15 Å². The number of nitrogen functional groups attached to an aromatic ring is 1. The topological polar surface area (TPSA) is 78.3 Å². The summed E-state index contributed by atoms with van der Waals surface area (Å²) < 4.78 is 41.7. The predicted molar refractivity (Wildman–Crippen MR) is 51.8 cm³/mol. The maximum atomic E-state index is 12.0. The minimum Gasteiger partial charge on any atom is -0.477 e. The number of nitrogens with zero attached hydrogens (tertiary/aromatic N) is 4. The first kappa shape index (κ1) is 11.7. The molecule has 0 saturated heterocycles. The molecule has 0 aliphatic rings. The fraction of sp³-hybridized carbons (Fsp3) is 0.286. The summed E-state index contributed by atoms with van der Waals surface area (Å²) in [6, 6.07) is 0. The molecule has 10 heteroatoms. The van der Waals surface area contributed by atoms with Gasteiger partial charge in [0.05, 0.1) is 0 Å². The Kier molecular flexibility index (Phi) is 2.69. The van der Waals surface area contributed by atoms with E-state index in [0.717, 1.165) is 4.52 Å². The monoisotopic (exact) mass is 267 g/mol. The molecule has 0 fully saturated rings. The molecule has 0 aliphatic heterocycles. The molecule has 2 aromatic heterocycles. The van der Waals surface area contributed by atoms with E-state index in [0.29, 0.717) is 0 Å². The lowest BCUT2D eigenvalue weighted by atomic mass is 10.5. The van der Waals surface area contributed by atoms with Crippen molar-refractivity contribution in [3.05, 3.63) is 11.5 Å². The van der Waals surface area contributed by atoms with Gasteiger partial charge in [-0.25, -0.2) is 4.98 Å². The predicted octanol–water partition coefficient (Wildman–Crippen LogP) is 1.30. The molecule has 0 aliphatic carbocycles. The van der Waals surface area contributed by atoms with Gasteiger partial charge in [0, 0.05) is 0 Å². The molecule has 2 N–H and O–H groups in total. The third-order valence-electron chi connectivity index (χ3n) is 1.70. The second kappa shape index (κ2) is 3.91. The smallest absolute Gasteiger partial charge is 0.422 e. The first-order valence-electron chi connectivity index (χ1n) is 4.23. The molecule has 0 unspecified atom stereocenters. The van der Waals surface area contributed by atoms with E-state index in [1.54, 1.807) is 0 Å². The molecule has 0 saturated carbocycles. The van der Waals surface area contributed by atoms with Crippen LogP contribution in [-0.4, -0.2) is 32.4 Å². The van der Waals surface area contributed by atoms with E-state index in [2.05, 4.69) is 19.8 Å². The van der Waals surface area contributed by atoms with Crippen LogP contribution < -0.4 is 10.5 Å². The van der Waals surface area contributed by atoms with Gasteiger partial charge in [-0.1, -0.05) is 11.6 Å². The minimum absolute atomic E-state index is 0.0215. The van der Waals surface area contributed by atoms with Gasteiger partial charge in [0.25, 0.3) is 0 Å². The molecule has 0 amide bonds. The van der Waals surface area contributed by atoms with Gasteiger partial charge in [-0.15, -0.1) is 5.10 Å². The van der Waals surface area contributed by atoms with Gasteiger partial charge in [0.15, 0.2) is 11.8 Å². The van der Waals surface area contributed by atoms with Crippen molar-refractivity contribution >= 4 is 23.2 Å². The number of rotatable bonds is 2. The van der Waals surface area contributed by atoms with E-state index >= 15 is 0 Å². The minimum atomic E-state index is -4.48. The highest BCUT2D eigenvalue weighted by Crippen LogP contribution is 2.28. The summed E-state index contributed by atoms with van der Waals surface area (Å²) >= 11 is 5.62. The van der Waals surface area contributed by atoms with Gasteiger partial charge in [0.1, 0.15) is 6.33 Å². The van der Waals surface area contributed by atoms with Gasteiger partial charge >= 0.3 is 6.18 Å². The molecule has 92 valence electrons. The third-order valence-corrected chi connectivity index (χ3v) is 1.97. The van der Waals surface area contributed by atoms with Crippen LogP contribution in [0.4, 0.5) is 19.1 Å². The van der Waals surface area contributed by atoms with Crippen LogP contribution in [0.5, 0.6) is 5.75 Å². The van der Waals surface area contributed by atoms with Crippen molar-refractivity contribution < 1.29 is 17.9 Å². The molecular formula is C7H5ClF3N5O. The summed E-state index contributed by atoms with van der Waals surface area (Å²) in [5, 5.41) is 3.42. The number of anilines is 1. The van der Waals surface area contributed by atoms with Crippen LogP contribution in [0.15, 0.2) is 6.33 Å². The number of halogens is 4. The Morgan fingerprint density at radius 3 is 2.82 bits per heavy atom. The number of alkyl halides is 3. The van der Waals surface area contributed by atoms with E-state index in [1.807, 2.05) is 0 Å². The maximum absolute atomic E-state index is 12.0. The van der Waals surface area contributed by atoms with Gasteiger partial charge < -0.3 is 10.5 Å². The molecule has 0 bridgehead atoms. The lowest BCUT2D eigenvalue weighted by Crippen LogP contribution is -2.19. The molecule has 0 aromatic carbocycles. The normalized spacial score (nSPS) is 12.0. The summed E-state index contributed by atoms with van der Waals surface area (Å²) in [4.78, 5) is 7.29. The second-order valence-electron chi connectivity index (χ2n) is 3.01. The zero-order chi connectivity index (χ0) is 12.6. The molecule has 2 heterocycles. The highest BCUT2D eigenvalue weighted by molar-refractivity contribution is 6.31. The van der Waals surface area contributed by atoms with Crippen LogP contribution in [0.3, 0.4) is 0 Å². The first-order valence-corrected chi connectivity index (χ1v) is 4.60. The van der Waals surface area contributed by atoms with Crippen molar-refractivity contribution in [2.75, 3.05) is 12.3 Å². The zero-order valence-electron chi connectivity index (χ0n) is 8.07. The Hall–Kier alpha value is -1.77. The van der Waals surface area contributed by atoms with Crippen LogP contribution >= 0.6 is 11.6 Å². The van der Waals surface area contributed by atoms with Crippen LogP contribution in [0.25, 0.3) is 5.65 Å². The Labute approximate surface area is 97.2 Å². The van der Waals surface area contributed by atoms with Gasteiger partial charge in [-0.3, -0.25) is 0 Å². The lowest BCUT2D eigenvalue weighted by molar-refractivity contribution is -0.153. The first-order chi connectivity index (χ1) is 7.87. The highest BCUT2D eigenvalue weighted by atomic mass is 35.5. The molecule has 0 spiro atoms. The quantitative estimate of drug-likeness (QED) is 0.830. The second-order valence-corrected chi connectivity index (χ2v) is 3.36. The number of ether oxygens (including phenoxy) is 1. The van der Waals surface area contributed by atoms with Crippen molar-refractivity contribution in [1.29, 1.82) is 0 Å². The molecule has 2 aromatic rings. The van der Waals surface area contributed by atoms with Crippen molar-refractivity contribution in [2.24, 2.45) is 0 Å². The van der Waals surface area contributed by atoms with Crippen LogP contribution in [0, 0.1) is 0 Å². The number of nitrogens with two attached hydrogens (primary N) is 1. The van der Waals surface area contributed by atoms with Gasteiger partial charge in [-0.2, -0.15) is 22.7 Å². The number of hydrogen-bond acceptors (Lipinski definition) is 5. The molecule has 17 heavy (non-hydrogen) atoms. The van der Waals surface area contributed by atoms with E-state index < -0.39 is 12.8 Å². The van der Waals surface area contributed by atoms with Crippen molar-refractivity contribution in [2.45, 2.75) is 6.18 Å². The van der Waals surface area contributed by atoms with E-state index in [9.17, 15) is 13.2 Å². The Balaban J connectivity index is 2.40. The molecule has 2 rings (SSSR count). The largest absolute Gasteiger partial charge is 0.477 e. The van der Waals surface area contributed by atoms with Crippen molar-refractivity contribution in [3.63, 3.8) is 0 Å².